The maximum Gasteiger partial charge on any atom is 0.319 e. The highest BCUT2D eigenvalue weighted by molar-refractivity contribution is 8.04. The molecule has 0 spiro atoms. The predicted molar refractivity (Wildman–Crippen MR) is 179 cm³/mol. The number of morpholine rings is 1. The molecule has 0 bridgehead atoms. The third-order valence-corrected chi connectivity index (χ3v) is 11.8. The minimum Gasteiger partial charge on any atom is -0.463 e. The molecule has 3 fully saturated rings. The van der Waals surface area contributed by atoms with E-state index in [0.29, 0.717) is 24.4 Å². The number of thioether (sulfide) groups is 1. The second-order valence-electron chi connectivity index (χ2n) is 14.3. The normalized spacial score (nSPS) is 27.9. The number of aromatic nitrogens is 3. The van der Waals surface area contributed by atoms with E-state index in [0.717, 1.165) is 69.6 Å². The highest BCUT2D eigenvalue weighted by atomic mass is 32.2. The highest BCUT2D eigenvalue weighted by Gasteiger charge is 2.47. The molecule has 0 aromatic carbocycles. The van der Waals surface area contributed by atoms with E-state index < -0.39 is 28.6 Å². The molecule has 3 N–H and O–H groups in total. The molecule has 256 valence electrons. The van der Waals surface area contributed by atoms with Crippen molar-refractivity contribution >= 4 is 34.1 Å². The molecule has 2 aliphatic heterocycles. The van der Waals surface area contributed by atoms with Gasteiger partial charge in [-0.1, -0.05) is 11.8 Å². The van der Waals surface area contributed by atoms with Crippen LogP contribution in [0, 0.1) is 28.5 Å². The summed E-state index contributed by atoms with van der Waals surface area (Å²) < 4.78 is 58.6. The first-order valence-electron chi connectivity index (χ1n) is 16.5. The molecule has 5 aliphatic rings. The van der Waals surface area contributed by atoms with Gasteiger partial charge in [0.05, 0.1) is 46.1 Å². The monoisotopic (exact) mass is 682 g/mol. The summed E-state index contributed by atoms with van der Waals surface area (Å²) in [6.07, 6.45) is 7.81. The van der Waals surface area contributed by atoms with Crippen LogP contribution in [0.15, 0.2) is 34.5 Å². The molecule has 2 unspecified atom stereocenters. The Balaban J connectivity index is 1.23. The fourth-order valence-electron chi connectivity index (χ4n) is 7.54. The molecule has 3 aliphatic carbocycles. The Kier molecular flexibility index (Phi) is 8.63. The number of fused-ring (bicyclic) bond motifs is 2. The van der Waals surface area contributed by atoms with E-state index in [9.17, 15) is 14.0 Å². The van der Waals surface area contributed by atoms with Crippen molar-refractivity contribution in [1.82, 2.24) is 24.8 Å². The largest absolute Gasteiger partial charge is 0.463 e. The van der Waals surface area contributed by atoms with E-state index in [-0.39, 0.29) is 56.6 Å². The van der Waals surface area contributed by atoms with Gasteiger partial charge in [-0.25, -0.2) is 13.2 Å². The lowest BCUT2D eigenvalue weighted by Crippen LogP contribution is -2.54. The molecular formula is C34H41F3N8O2S. The molecule has 0 amide bonds. The van der Waals surface area contributed by atoms with Crippen LogP contribution in [-0.2, 0) is 4.74 Å². The van der Waals surface area contributed by atoms with Crippen LogP contribution >= 0.6 is 11.8 Å². The third kappa shape index (κ3) is 5.93. The summed E-state index contributed by atoms with van der Waals surface area (Å²) in [5, 5.41) is 12.6. The van der Waals surface area contributed by atoms with Crippen LogP contribution in [0.3, 0.4) is 0 Å². The molecule has 4 atom stereocenters. The fourth-order valence-corrected chi connectivity index (χ4v) is 8.75. The molecule has 2 aromatic rings. The Morgan fingerprint density at radius 2 is 1.90 bits per heavy atom. The van der Waals surface area contributed by atoms with Gasteiger partial charge in [0.25, 0.3) is 0 Å². The summed E-state index contributed by atoms with van der Waals surface area (Å²) in [6, 6.07) is 2.03. The molecule has 14 heteroatoms. The number of ether oxygens (including phenoxy) is 2. The quantitative estimate of drug-likeness (QED) is 0.339. The van der Waals surface area contributed by atoms with Crippen LogP contribution in [0.1, 0.15) is 51.6 Å². The first-order valence-corrected chi connectivity index (χ1v) is 17.4. The number of nitriles is 1. The lowest BCUT2D eigenvalue weighted by atomic mass is 9.75. The standard InChI is InChI=1S/C34H41F3N8O2S/c1-18-13-45(14-19(2)47-18)16-33(8-9-33)17-46-32-42-28-22(31(43-32)41-15-34(44(3)4)6-5-7-34)12-40-27(26(28)37)20-10-23(35)25(36)29-24(20)21(11-38)30(39)48-29/h10,12,18-19,24,29H,5-9,13-17,39H2,1-4H3,(H,41,42,43)/t18-,19-,24?,29?/m1/s1. The van der Waals surface area contributed by atoms with E-state index in [4.69, 9.17) is 20.2 Å². The van der Waals surface area contributed by atoms with E-state index in [1.807, 2.05) is 20.2 Å². The number of hydrogen-bond acceptors (Lipinski definition) is 11. The zero-order valence-electron chi connectivity index (χ0n) is 27.7. The number of nitrogens with two attached hydrogens (primary N) is 1. The lowest BCUT2D eigenvalue weighted by Gasteiger charge is -2.47. The van der Waals surface area contributed by atoms with Gasteiger partial charge < -0.3 is 25.4 Å². The predicted octanol–water partition coefficient (Wildman–Crippen LogP) is 5.30. The second kappa shape index (κ2) is 12.5. The lowest BCUT2D eigenvalue weighted by molar-refractivity contribution is -0.0741. The Hall–Kier alpha value is -3.38. The minimum absolute atomic E-state index is 0.0226. The number of pyridine rings is 1. The van der Waals surface area contributed by atoms with Crippen molar-refractivity contribution in [1.29, 1.82) is 5.26 Å². The van der Waals surface area contributed by atoms with E-state index in [1.165, 1.54) is 6.20 Å². The number of halogens is 3. The van der Waals surface area contributed by atoms with Crippen molar-refractivity contribution in [2.75, 3.05) is 52.2 Å². The summed E-state index contributed by atoms with van der Waals surface area (Å²) in [5.74, 6) is -3.62. The molecule has 2 saturated carbocycles. The number of likely N-dealkylation sites (N-methyl/N-ethyl adjacent to an activating group) is 1. The van der Waals surface area contributed by atoms with Crippen LogP contribution in [0.4, 0.5) is 19.0 Å². The topological polar surface area (TPSA) is 125 Å². The maximum atomic E-state index is 16.7. The minimum atomic E-state index is -1.14. The summed E-state index contributed by atoms with van der Waals surface area (Å²) in [7, 11) is 4.09. The summed E-state index contributed by atoms with van der Waals surface area (Å²) in [4.78, 5) is 18.3. The zero-order chi connectivity index (χ0) is 34.0. The Bertz CT molecular complexity index is 1760. The van der Waals surface area contributed by atoms with Crippen LogP contribution in [0.2, 0.25) is 0 Å². The number of rotatable bonds is 10. The van der Waals surface area contributed by atoms with Gasteiger partial charge in [-0.05, 0) is 71.7 Å². The van der Waals surface area contributed by atoms with Crippen molar-refractivity contribution in [2.24, 2.45) is 17.1 Å². The number of anilines is 1. The second-order valence-corrected chi connectivity index (χ2v) is 15.5. The van der Waals surface area contributed by atoms with E-state index in [1.54, 1.807) is 0 Å². The van der Waals surface area contributed by atoms with Gasteiger partial charge in [-0.3, -0.25) is 9.88 Å². The van der Waals surface area contributed by atoms with Crippen molar-refractivity contribution in [3.05, 3.63) is 46.0 Å². The molecule has 0 radical (unpaired) electrons. The third-order valence-electron chi connectivity index (χ3n) is 10.6. The smallest absolute Gasteiger partial charge is 0.319 e. The van der Waals surface area contributed by atoms with Crippen molar-refractivity contribution in [3.8, 4) is 12.1 Å². The Labute approximate surface area is 282 Å². The summed E-state index contributed by atoms with van der Waals surface area (Å²) in [5.41, 5.74) is 5.71. The number of allylic oxidation sites excluding steroid dienone is 4. The summed E-state index contributed by atoms with van der Waals surface area (Å²) in [6.45, 7) is 7.68. The van der Waals surface area contributed by atoms with Gasteiger partial charge in [0.15, 0.2) is 11.6 Å². The van der Waals surface area contributed by atoms with Gasteiger partial charge >= 0.3 is 6.01 Å². The number of nitrogens with one attached hydrogen (secondary N) is 1. The van der Waals surface area contributed by atoms with Crippen LogP contribution in [0.25, 0.3) is 16.5 Å². The zero-order valence-corrected chi connectivity index (χ0v) is 28.5. The van der Waals surface area contributed by atoms with Crippen molar-refractivity contribution in [2.45, 2.75) is 68.9 Å². The molecule has 10 nitrogen and oxygen atoms in total. The number of nitrogens with zero attached hydrogens (tertiary/aromatic N) is 6. The van der Waals surface area contributed by atoms with Gasteiger partial charge in [0, 0.05) is 49.2 Å². The summed E-state index contributed by atoms with van der Waals surface area (Å²) >= 11 is 0.854. The Morgan fingerprint density at radius 3 is 2.52 bits per heavy atom. The molecule has 48 heavy (non-hydrogen) atoms. The molecule has 1 saturated heterocycles. The van der Waals surface area contributed by atoms with Crippen molar-refractivity contribution < 1.29 is 22.6 Å². The van der Waals surface area contributed by atoms with Crippen molar-refractivity contribution in [3.63, 3.8) is 0 Å². The van der Waals surface area contributed by atoms with Gasteiger partial charge in [0.2, 0.25) is 0 Å². The molecular weight excluding hydrogens is 641 g/mol. The van der Waals surface area contributed by atoms with Crippen LogP contribution in [0.5, 0.6) is 6.01 Å². The van der Waals surface area contributed by atoms with E-state index >= 15 is 4.39 Å². The SMILES string of the molecule is C[C@@H]1CN(CC2(COc3nc(NCC4(N(C)C)CCC4)c4cnc(C5=CC(F)=C(F)C6SC(N)=C(C#N)C56)c(F)c4n3)CC2)C[C@@H](C)O1. The van der Waals surface area contributed by atoms with Crippen LogP contribution in [-0.4, -0.2) is 94.6 Å². The van der Waals surface area contributed by atoms with Gasteiger partial charge in [0.1, 0.15) is 22.9 Å². The van der Waals surface area contributed by atoms with Gasteiger partial charge in [-0.2, -0.15) is 15.2 Å². The van der Waals surface area contributed by atoms with Crippen LogP contribution < -0.4 is 15.8 Å². The molecule has 7 rings (SSSR count). The highest BCUT2D eigenvalue weighted by Crippen LogP contribution is 2.53. The first kappa shape index (κ1) is 33.1. The Morgan fingerprint density at radius 1 is 1.17 bits per heavy atom. The average molecular weight is 683 g/mol. The molecule has 2 aromatic heterocycles. The van der Waals surface area contributed by atoms with E-state index in [2.05, 4.69) is 38.9 Å². The average Bonchev–Trinajstić information content (AvgIpc) is 3.69. The van der Waals surface area contributed by atoms with Gasteiger partial charge in [-0.15, -0.1) is 0 Å². The maximum absolute atomic E-state index is 16.7. The number of hydrogen-bond donors (Lipinski definition) is 2. The fraction of sp³-hybridized carbons (Fsp3) is 0.588. The first-order chi connectivity index (χ1) is 22.9. The molecule has 4 heterocycles.